The van der Waals surface area contributed by atoms with Crippen molar-refractivity contribution in [2.45, 2.75) is 38.5 Å². The van der Waals surface area contributed by atoms with Crippen LogP contribution in [0.15, 0.2) is 54.6 Å². The van der Waals surface area contributed by atoms with Crippen molar-refractivity contribution >= 4 is 5.97 Å². The van der Waals surface area contributed by atoms with Gasteiger partial charge in [0.25, 0.3) is 0 Å². The molecule has 0 bridgehead atoms. The van der Waals surface area contributed by atoms with E-state index in [1.54, 1.807) is 0 Å². The van der Waals surface area contributed by atoms with E-state index < -0.39 is 5.97 Å². The number of carboxylic acids is 1. The lowest BCUT2D eigenvalue weighted by Crippen LogP contribution is -2.19. The Kier molecular flexibility index (Phi) is 5.90. The molecule has 2 atom stereocenters. The molecule has 170 valence electrons. The van der Waals surface area contributed by atoms with Gasteiger partial charge in [0.2, 0.25) is 6.79 Å². The summed E-state index contributed by atoms with van der Waals surface area (Å²) in [6.45, 7) is 2.72. The third-order valence-corrected chi connectivity index (χ3v) is 6.58. The Labute approximate surface area is 193 Å². The second kappa shape index (κ2) is 9.14. The number of aromatic nitrogens is 1. The fraction of sp³-hybridized carbons (Fsp3) is 0.333. The van der Waals surface area contributed by atoms with Crippen molar-refractivity contribution in [3.8, 4) is 28.5 Å². The number of fused-ring (bicyclic) bond motifs is 2. The molecule has 0 spiro atoms. The lowest BCUT2D eigenvalue weighted by atomic mass is 9.85. The summed E-state index contributed by atoms with van der Waals surface area (Å²) < 4.78 is 16.9. The highest BCUT2D eigenvalue weighted by atomic mass is 16.7. The van der Waals surface area contributed by atoms with Crippen molar-refractivity contribution in [2.24, 2.45) is 5.92 Å². The van der Waals surface area contributed by atoms with Gasteiger partial charge in [0.1, 0.15) is 5.75 Å². The van der Waals surface area contributed by atoms with Crippen LogP contribution in [0.5, 0.6) is 17.2 Å². The Morgan fingerprint density at radius 1 is 1.15 bits per heavy atom. The molecule has 1 unspecified atom stereocenters. The summed E-state index contributed by atoms with van der Waals surface area (Å²) in [6, 6.07) is 17.9. The predicted octanol–water partition coefficient (Wildman–Crippen LogP) is 5.24. The fourth-order valence-corrected chi connectivity index (χ4v) is 4.87. The second-order valence-corrected chi connectivity index (χ2v) is 8.54. The van der Waals surface area contributed by atoms with Gasteiger partial charge in [-0.05, 0) is 78.8 Å². The molecule has 2 heterocycles. The molecule has 0 fully saturated rings. The number of benzene rings is 2. The number of hydrogen-bond acceptors (Lipinski definition) is 5. The summed E-state index contributed by atoms with van der Waals surface area (Å²) in [7, 11) is 0. The fourth-order valence-electron chi connectivity index (χ4n) is 4.87. The molecule has 5 rings (SSSR count). The van der Waals surface area contributed by atoms with E-state index in [4.69, 9.17) is 19.2 Å². The van der Waals surface area contributed by atoms with Gasteiger partial charge in [-0.15, -0.1) is 0 Å². The lowest BCUT2D eigenvalue weighted by molar-refractivity contribution is -0.142. The zero-order valence-corrected chi connectivity index (χ0v) is 18.6. The van der Waals surface area contributed by atoms with Crippen LogP contribution in [0.2, 0.25) is 0 Å². The van der Waals surface area contributed by atoms with E-state index in [2.05, 4.69) is 6.07 Å². The zero-order chi connectivity index (χ0) is 22.8. The lowest BCUT2D eigenvalue weighted by Gasteiger charge is -2.19. The molecule has 6 heteroatoms. The summed E-state index contributed by atoms with van der Waals surface area (Å²) in [5.74, 6) is 1.41. The molecule has 3 aromatic rings. The first kappa shape index (κ1) is 21.3. The summed E-state index contributed by atoms with van der Waals surface area (Å²) in [5.41, 5.74) is 5.20. The van der Waals surface area contributed by atoms with Crippen LogP contribution in [0.1, 0.15) is 42.5 Å². The quantitative estimate of drug-likeness (QED) is 0.511. The van der Waals surface area contributed by atoms with Crippen LogP contribution in [0, 0.1) is 5.92 Å². The molecule has 1 aliphatic heterocycles. The van der Waals surface area contributed by atoms with E-state index in [0.717, 1.165) is 52.6 Å². The number of aliphatic carboxylic acids is 1. The van der Waals surface area contributed by atoms with Crippen LogP contribution in [0.4, 0.5) is 0 Å². The first-order valence-corrected chi connectivity index (χ1v) is 11.5. The minimum absolute atomic E-state index is 0.0969. The maximum absolute atomic E-state index is 11.6. The standard InChI is InChI=1S/C27H27NO5/c1-2-21(27(29)30)23-9-6-17-14-20(8-10-22(17)23)31-13-12-19-4-3-5-24(28-19)18-7-11-25-26(15-18)33-16-32-25/h3-5,7-8,10-11,14-15,21,23H,2,6,9,12-13,16H2,1H3,(H,29,30)/t21?,23-/m0/s1. The number of nitrogens with zero attached hydrogens (tertiary/aromatic N) is 1. The maximum Gasteiger partial charge on any atom is 0.307 e. The van der Waals surface area contributed by atoms with Gasteiger partial charge < -0.3 is 19.3 Å². The van der Waals surface area contributed by atoms with Crippen molar-refractivity contribution < 1.29 is 24.1 Å². The van der Waals surface area contributed by atoms with Crippen LogP contribution < -0.4 is 14.2 Å². The molecule has 0 saturated heterocycles. The number of carboxylic acid groups (broad SMARTS) is 1. The monoisotopic (exact) mass is 445 g/mol. The van der Waals surface area contributed by atoms with Crippen LogP contribution in [0.25, 0.3) is 11.3 Å². The first-order chi connectivity index (χ1) is 16.1. The molecule has 0 amide bonds. The van der Waals surface area contributed by atoms with Crippen molar-refractivity contribution in [1.82, 2.24) is 4.98 Å². The predicted molar refractivity (Wildman–Crippen MR) is 124 cm³/mol. The largest absolute Gasteiger partial charge is 0.493 e. The molecular weight excluding hydrogens is 418 g/mol. The van der Waals surface area contributed by atoms with Crippen molar-refractivity contribution in [3.63, 3.8) is 0 Å². The van der Waals surface area contributed by atoms with E-state index in [1.807, 2.05) is 55.5 Å². The molecule has 0 saturated carbocycles. The van der Waals surface area contributed by atoms with E-state index in [9.17, 15) is 9.90 Å². The normalized spacial score (nSPS) is 16.9. The molecule has 2 aromatic carbocycles. The Morgan fingerprint density at radius 2 is 2.03 bits per heavy atom. The van der Waals surface area contributed by atoms with Gasteiger partial charge in [-0.3, -0.25) is 9.78 Å². The summed E-state index contributed by atoms with van der Waals surface area (Å²) in [6.07, 6.45) is 3.13. The first-order valence-electron chi connectivity index (χ1n) is 11.5. The molecular formula is C27H27NO5. The Hall–Kier alpha value is -3.54. The van der Waals surface area contributed by atoms with E-state index in [-0.39, 0.29) is 18.6 Å². The van der Waals surface area contributed by atoms with Gasteiger partial charge in [0, 0.05) is 17.7 Å². The second-order valence-electron chi connectivity index (χ2n) is 8.54. The molecule has 6 nitrogen and oxygen atoms in total. The average Bonchev–Trinajstić information content (AvgIpc) is 3.46. The highest BCUT2D eigenvalue weighted by Gasteiger charge is 2.33. The van der Waals surface area contributed by atoms with Crippen molar-refractivity contribution in [2.75, 3.05) is 13.4 Å². The van der Waals surface area contributed by atoms with Crippen LogP contribution in [0.3, 0.4) is 0 Å². The number of aryl methyl sites for hydroxylation is 1. The average molecular weight is 446 g/mol. The number of carbonyl (C=O) groups is 1. The summed E-state index contributed by atoms with van der Waals surface area (Å²) in [5, 5.41) is 9.53. The van der Waals surface area contributed by atoms with Crippen LogP contribution in [-0.2, 0) is 17.6 Å². The smallest absolute Gasteiger partial charge is 0.307 e. The van der Waals surface area contributed by atoms with E-state index >= 15 is 0 Å². The summed E-state index contributed by atoms with van der Waals surface area (Å²) in [4.78, 5) is 16.4. The minimum atomic E-state index is -0.703. The SMILES string of the molecule is CCC(C(=O)O)[C@@H]1CCc2cc(OCCc3cccc(-c4ccc5c(c4)OCO5)n3)ccc21. The minimum Gasteiger partial charge on any atom is -0.493 e. The number of ether oxygens (including phenoxy) is 3. The van der Waals surface area contributed by atoms with E-state index in [1.165, 1.54) is 5.56 Å². The molecule has 1 N–H and O–H groups in total. The molecule has 1 aromatic heterocycles. The third kappa shape index (κ3) is 4.38. The van der Waals surface area contributed by atoms with Crippen LogP contribution >= 0.6 is 0 Å². The maximum atomic E-state index is 11.6. The zero-order valence-electron chi connectivity index (χ0n) is 18.6. The van der Waals surface area contributed by atoms with Gasteiger partial charge in [0.05, 0.1) is 18.2 Å². The van der Waals surface area contributed by atoms with Crippen LogP contribution in [-0.4, -0.2) is 29.5 Å². The molecule has 33 heavy (non-hydrogen) atoms. The Bertz CT molecular complexity index is 1170. The van der Waals surface area contributed by atoms with Crippen molar-refractivity contribution in [3.05, 3.63) is 71.4 Å². The molecule has 1 aliphatic carbocycles. The highest BCUT2D eigenvalue weighted by Crippen LogP contribution is 2.41. The van der Waals surface area contributed by atoms with E-state index in [0.29, 0.717) is 19.4 Å². The highest BCUT2D eigenvalue weighted by molar-refractivity contribution is 5.72. The van der Waals surface area contributed by atoms with Gasteiger partial charge in [-0.2, -0.15) is 0 Å². The Morgan fingerprint density at radius 3 is 2.88 bits per heavy atom. The number of rotatable bonds is 8. The third-order valence-electron chi connectivity index (χ3n) is 6.58. The molecule has 2 aliphatic rings. The van der Waals surface area contributed by atoms with Crippen molar-refractivity contribution in [1.29, 1.82) is 0 Å². The number of pyridine rings is 1. The van der Waals surface area contributed by atoms with Gasteiger partial charge in [-0.25, -0.2) is 0 Å². The summed E-state index contributed by atoms with van der Waals surface area (Å²) >= 11 is 0. The molecule has 0 radical (unpaired) electrons. The topological polar surface area (TPSA) is 77.9 Å². The Balaban J connectivity index is 1.22. The van der Waals surface area contributed by atoms with Gasteiger partial charge in [-0.1, -0.05) is 19.1 Å². The number of hydrogen-bond donors (Lipinski definition) is 1. The van der Waals surface area contributed by atoms with Gasteiger partial charge >= 0.3 is 5.97 Å². The van der Waals surface area contributed by atoms with Gasteiger partial charge in [0.15, 0.2) is 11.5 Å².